The van der Waals surface area contributed by atoms with Crippen molar-refractivity contribution in [1.29, 1.82) is 0 Å². The van der Waals surface area contributed by atoms with Crippen molar-refractivity contribution >= 4 is 29.3 Å². The van der Waals surface area contributed by atoms with Crippen LogP contribution in [0.5, 0.6) is 0 Å². The molecule has 4 amide bonds. The van der Waals surface area contributed by atoms with Crippen molar-refractivity contribution < 1.29 is 24.1 Å². The lowest BCUT2D eigenvalue weighted by Crippen LogP contribution is -2.46. The lowest BCUT2D eigenvalue weighted by atomic mass is 10.0. The number of nitrogens with zero attached hydrogens (tertiary/aromatic N) is 3. The molecule has 1 fully saturated rings. The molecule has 2 aliphatic heterocycles. The van der Waals surface area contributed by atoms with Crippen LogP contribution in [0.25, 0.3) is 0 Å². The zero-order chi connectivity index (χ0) is 23.3. The summed E-state index contributed by atoms with van der Waals surface area (Å²) in [6.45, 7) is 3.25. The number of nitro groups is 1. The molecule has 0 aliphatic carbocycles. The second-order valence-electron chi connectivity index (χ2n) is 8.18. The predicted octanol–water partition coefficient (Wildman–Crippen LogP) is 2.27. The van der Waals surface area contributed by atoms with Crippen LogP contribution in [-0.4, -0.2) is 64.0 Å². The number of nitro benzene ring substituents is 1. The molecular formula is C22H28N4O6. The van der Waals surface area contributed by atoms with Crippen LogP contribution in [0.4, 0.5) is 5.69 Å². The number of non-ortho nitro benzene ring substituents is 1. The maximum atomic E-state index is 12.5. The summed E-state index contributed by atoms with van der Waals surface area (Å²) in [6.07, 6.45) is 4.30. The van der Waals surface area contributed by atoms with Gasteiger partial charge in [0.2, 0.25) is 11.8 Å². The van der Waals surface area contributed by atoms with E-state index in [4.69, 9.17) is 0 Å². The largest absolute Gasteiger partial charge is 0.353 e. The summed E-state index contributed by atoms with van der Waals surface area (Å²) in [5.74, 6) is -1.05. The molecule has 0 atom stereocenters. The van der Waals surface area contributed by atoms with Gasteiger partial charge in [0.25, 0.3) is 17.5 Å². The minimum Gasteiger partial charge on any atom is -0.353 e. The number of imide groups is 1. The lowest BCUT2D eigenvalue weighted by molar-refractivity contribution is -0.384. The van der Waals surface area contributed by atoms with Crippen LogP contribution in [0.3, 0.4) is 0 Å². The molecule has 0 aromatic heterocycles. The molecular weight excluding hydrogens is 416 g/mol. The first-order valence-electron chi connectivity index (χ1n) is 11.0. The number of carbonyl (C=O) groups is 4. The Morgan fingerprint density at radius 2 is 1.78 bits per heavy atom. The van der Waals surface area contributed by atoms with E-state index in [-0.39, 0.29) is 47.6 Å². The van der Waals surface area contributed by atoms with Crippen LogP contribution >= 0.6 is 0 Å². The van der Waals surface area contributed by atoms with Crippen molar-refractivity contribution in [1.82, 2.24) is 15.1 Å². The van der Waals surface area contributed by atoms with Gasteiger partial charge in [0.15, 0.2) is 0 Å². The van der Waals surface area contributed by atoms with Gasteiger partial charge in [0.1, 0.15) is 0 Å². The van der Waals surface area contributed by atoms with E-state index >= 15 is 0 Å². The fourth-order valence-corrected chi connectivity index (χ4v) is 4.05. The van der Waals surface area contributed by atoms with Gasteiger partial charge in [-0.1, -0.05) is 13.3 Å². The Hall–Kier alpha value is -3.30. The van der Waals surface area contributed by atoms with Crippen molar-refractivity contribution in [2.24, 2.45) is 0 Å². The van der Waals surface area contributed by atoms with Gasteiger partial charge >= 0.3 is 0 Å². The number of unbranched alkanes of at least 4 members (excludes halogenated alkanes) is 1. The van der Waals surface area contributed by atoms with Crippen molar-refractivity contribution in [2.45, 2.75) is 57.9 Å². The van der Waals surface area contributed by atoms with Gasteiger partial charge in [0, 0.05) is 50.7 Å². The van der Waals surface area contributed by atoms with Crippen LogP contribution in [0.15, 0.2) is 18.2 Å². The van der Waals surface area contributed by atoms with Crippen LogP contribution < -0.4 is 5.32 Å². The van der Waals surface area contributed by atoms with Crippen molar-refractivity contribution in [3.63, 3.8) is 0 Å². The molecule has 10 heteroatoms. The highest BCUT2D eigenvalue weighted by Crippen LogP contribution is 2.27. The Morgan fingerprint density at radius 1 is 1.09 bits per heavy atom. The summed E-state index contributed by atoms with van der Waals surface area (Å²) < 4.78 is 0. The predicted molar refractivity (Wildman–Crippen MR) is 115 cm³/mol. The first kappa shape index (κ1) is 23.4. The van der Waals surface area contributed by atoms with Crippen molar-refractivity contribution in [3.8, 4) is 0 Å². The summed E-state index contributed by atoms with van der Waals surface area (Å²) in [6, 6.07) is 3.70. The van der Waals surface area contributed by atoms with E-state index in [1.807, 2.05) is 6.92 Å². The molecule has 0 bridgehead atoms. The average molecular weight is 444 g/mol. The smallest absolute Gasteiger partial charge is 0.270 e. The average Bonchev–Trinajstić information content (AvgIpc) is 3.02. The third-order valence-corrected chi connectivity index (χ3v) is 5.91. The second kappa shape index (κ2) is 10.3. The number of fused-ring (bicyclic) bond motifs is 1. The van der Waals surface area contributed by atoms with Crippen LogP contribution in [0.2, 0.25) is 0 Å². The lowest BCUT2D eigenvalue weighted by Gasteiger charge is -2.32. The monoisotopic (exact) mass is 444 g/mol. The molecule has 1 aromatic rings. The summed E-state index contributed by atoms with van der Waals surface area (Å²) in [7, 11) is 0. The normalized spacial score (nSPS) is 16.3. The summed E-state index contributed by atoms with van der Waals surface area (Å²) in [4.78, 5) is 62.4. The molecule has 0 unspecified atom stereocenters. The Morgan fingerprint density at radius 3 is 2.44 bits per heavy atom. The molecule has 1 aromatic carbocycles. The molecule has 0 spiro atoms. The van der Waals surface area contributed by atoms with Crippen molar-refractivity contribution in [3.05, 3.63) is 39.4 Å². The van der Waals surface area contributed by atoms with E-state index in [9.17, 15) is 29.3 Å². The number of hydrogen-bond donors (Lipinski definition) is 1. The Labute approximate surface area is 186 Å². The van der Waals surface area contributed by atoms with Crippen LogP contribution in [0, 0.1) is 10.1 Å². The molecule has 1 N–H and O–H groups in total. The Kier molecular flexibility index (Phi) is 7.55. The Bertz CT molecular complexity index is 923. The topological polar surface area (TPSA) is 130 Å². The number of rotatable bonds is 9. The summed E-state index contributed by atoms with van der Waals surface area (Å²) in [5, 5.41) is 13.9. The van der Waals surface area contributed by atoms with E-state index in [0.717, 1.165) is 23.8 Å². The third kappa shape index (κ3) is 5.30. The standard InChI is InChI=1S/C22H28N4O6/c1-2-3-5-19(27)23-15-9-12-24(13-10-15)20(28)6-4-11-25-21(29)17-8-7-16(26(31)32)14-18(17)22(25)30/h7-8,14-15H,2-6,9-13H2,1H3,(H,23,27). The SMILES string of the molecule is CCCCC(=O)NC1CCN(C(=O)CCCN2C(=O)c3ccc([N+](=O)[O-])cc3C2=O)CC1. The summed E-state index contributed by atoms with van der Waals surface area (Å²) >= 11 is 0. The maximum absolute atomic E-state index is 12.5. The van der Waals surface area contributed by atoms with Gasteiger partial charge in [-0.05, 0) is 31.7 Å². The highest BCUT2D eigenvalue weighted by molar-refractivity contribution is 6.21. The number of carbonyl (C=O) groups excluding carboxylic acids is 4. The third-order valence-electron chi connectivity index (χ3n) is 5.91. The van der Waals surface area contributed by atoms with Crippen molar-refractivity contribution in [2.75, 3.05) is 19.6 Å². The van der Waals surface area contributed by atoms with E-state index in [2.05, 4.69) is 5.32 Å². The Balaban J connectivity index is 1.43. The molecule has 2 aliphatic rings. The van der Waals surface area contributed by atoms with Gasteiger partial charge in [0.05, 0.1) is 16.1 Å². The van der Waals surface area contributed by atoms with Crippen LogP contribution in [0.1, 0.15) is 72.6 Å². The minimum atomic E-state index is -0.612. The van der Waals surface area contributed by atoms with E-state index in [0.29, 0.717) is 38.8 Å². The molecule has 172 valence electrons. The molecule has 2 heterocycles. The first-order valence-corrected chi connectivity index (χ1v) is 11.0. The zero-order valence-corrected chi connectivity index (χ0v) is 18.2. The van der Waals surface area contributed by atoms with Gasteiger partial charge < -0.3 is 10.2 Å². The number of hydrogen-bond acceptors (Lipinski definition) is 6. The van der Waals surface area contributed by atoms with Gasteiger partial charge in [-0.2, -0.15) is 0 Å². The number of likely N-dealkylation sites (tertiary alicyclic amines) is 1. The molecule has 0 saturated carbocycles. The second-order valence-corrected chi connectivity index (χ2v) is 8.18. The van der Waals surface area contributed by atoms with E-state index < -0.39 is 16.7 Å². The maximum Gasteiger partial charge on any atom is 0.270 e. The molecule has 3 rings (SSSR count). The summed E-state index contributed by atoms with van der Waals surface area (Å²) in [5.41, 5.74) is -0.0690. The molecule has 32 heavy (non-hydrogen) atoms. The zero-order valence-electron chi connectivity index (χ0n) is 18.2. The van der Waals surface area contributed by atoms with Gasteiger partial charge in [-0.25, -0.2) is 0 Å². The highest BCUT2D eigenvalue weighted by Gasteiger charge is 2.36. The first-order chi connectivity index (χ1) is 15.3. The number of piperidine rings is 1. The minimum absolute atomic E-state index is 0.0265. The quantitative estimate of drug-likeness (QED) is 0.353. The molecule has 0 radical (unpaired) electrons. The number of amides is 4. The molecule has 10 nitrogen and oxygen atoms in total. The highest BCUT2D eigenvalue weighted by atomic mass is 16.6. The van der Waals surface area contributed by atoms with E-state index in [1.165, 1.54) is 12.1 Å². The van der Waals surface area contributed by atoms with Gasteiger partial charge in [-0.3, -0.25) is 34.2 Å². The van der Waals surface area contributed by atoms with Gasteiger partial charge in [-0.15, -0.1) is 0 Å². The fourth-order valence-electron chi connectivity index (χ4n) is 4.05. The molecule has 1 saturated heterocycles. The van der Waals surface area contributed by atoms with Crippen LogP contribution in [-0.2, 0) is 9.59 Å². The fraction of sp³-hybridized carbons (Fsp3) is 0.545. The number of benzene rings is 1. The number of nitrogens with one attached hydrogen (secondary N) is 1. The van der Waals surface area contributed by atoms with E-state index in [1.54, 1.807) is 4.90 Å².